The third kappa shape index (κ3) is 2.16. The maximum absolute atomic E-state index is 9.30. The molecular weight excluding hydrogens is 300 g/mol. The lowest BCUT2D eigenvalue weighted by Crippen LogP contribution is -2.04. The molecule has 0 fully saturated rings. The van der Waals surface area contributed by atoms with Crippen LogP contribution in [0.25, 0.3) is 28.0 Å². The molecule has 24 heavy (non-hydrogen) atoms. The van der Waals surface area contributed by atoms with Gasteiger partial charge in [-0.25, -0.2) is 9.97 Å². The van der Waals surface area contributed by atoms with E-state index in [1.807, 2.05) is 30.3 Å². The zero-order valence-corrected chi connectivity index (χ0v) is 12.6. The first-order valence-electron chi connectivity index (χ1n) is 7.32. The number of aromatic nitrogens is 4. The quantitative estimate of drug-likeness (QED) is 0.614. The predicted octanol–water partition coefficient (Wildman–Crippen LogP) is 2.94. The van der Waals surface area contributed by atoms with E-state index in [0.717, 1.165) is 22.2 Å². The van der Waals surface area contributed by atoms with Gasteiger partial charge in [-0.1, -0.05) is 12.1 Å². The Morgan fingerprint density at radius 1 is 1.04 bits per heavy atom. The minimum Gasteiger partial charge on any atom is -0.369 e. The van der Waals surface area contributed by atoms with Gasteiger partial charge >= 0.3 is 0 Å². The van der Waals surface area contributed by atoms with Crippen LogP contribution in [0.4, 0.5) is 5.95 Å². The summed E-state index contributed by atoms with van der Waals surface area (Å²) in [5.41, 5.74) is 10.1. The molecule has 6 nitrogen and oxygen atoms in total. The highest BCUT2D eigenvalue weighted by molar-refractivity contribution is 5.85. The number of hydrogen-bond acceptors (Lipinski definition) is 5. The zero-order chi connectivity index (χ0) is 16.5. The van der Waals surface area contributed by atoms with Crippen LogP contribution in [0.3, 0.4) is 0 Å². The molecule has 1 aromatic carbocycles. The fraction of sp³-hybridized carbons (Fsp3) is 0. The van der Waals surface area contributed by atoms with Crippen LogP contribution in [0.5, 0.6) is 0 Å². The van der Waals surface area contributed by atoms with Gasteiger partial charge in [0.15, 0.2) is 5.82 Å². The molecule has 0 aliphatic heterocycles. The van der Waals surface area contributed by atoms with Crippen molar-refractivity contribution >= 4 is 17.0 Å². The van der Waals surface area contributed by atoms with Crippen molar-refractivity contribution in [2.45, 2.75) is 0 Å². The molecule has 2 N–H and O–H groups in total. The number of rotatable bonds is 2. The number of nitrogens with zero attached hydrogens (tertiary/aromatic N) is 5. The van der Waals surface area contributed by atoms with Gasteiger partial charge in [0.25, 0.3) is 0 Å². The van der Waals surface area contributed by atoms with Crippen molar-refractivity contribution < 1.29 is 0 Å². The Morgan fingerprint density at radius 2 is 1.92 bits per heavy atom. The third-order valence-corrected chi connectivity index (χ3v) is 3.79. The maximum Gasteiger partial charge on any atom is 0.207 e. The Kier molecular flexibility index (Phi) is 3.18. The van der Waals surface area contributed by atoms with Crippen molar-refractivity contribution in [3.8, 4) is 23.0 Å². The summed E-state index contributed by atoms with van der Waals surface area (Å²) in [6.07, 6.45) is 5.17. The van der Waals surface area contributed by atoms with Gasteiger partial charge in [-0.05, 0) is 35.9 Å². The monoisotopic (exact) mass is 312 g/mol. The third-order valence-electron chi connectivity index (χ3n) is 3.79. The van der Waals surface area contributed by atoms with Gasteiger partial charge in [0.1, 0.15) is 6.07 Å². The number of anilines is 1. The maximum atomic E-state index is 9.30. The number of nitriles is 1. The highest BCUT2D eigenvalue weighted by Crippen LogP contribution is 2.28. The van der Waals surface area contributed by atoms with Crippen LogP contribution in [0, 0.1) is 11.3 Å². The van der Waals surface area contributed by atoms with E-state index >= 15 is 0 Å². The highest BCUT2D eigenvalue weighted by Gasteiger charge is 2.14. The van der Waals surface area contributed by atoms with Crippen LogP contribution in [0.15, 0.2) is 61.1 Å². The first-order valence-corrected chi connectivity index (χ1v) is 7.32. The molecule has 6 heteroatoms. The number of benzene rings is 1. The molecule has 0 bridgehead atoms. The molecule has 4 aromatic rings. The second kappa shape index (κ2) is 5.48. The Labute approximate surface area is 137 Å². The van der Waals surface area contributed by atoms with Crippen LogP contribution in [0.2, 0.25) is 0 Å². The van der Waals surface area contributed by atoms with Crippen molar-refractivity contribution in [3.05, 3.63) is 66.6 Å². The van der Waals surface area contributed by atoms with Gasteiger partial charge in [0.05, 0.1) is 16.6 Å². The van der Waals surface area contributed by atoms with Crippen LogP contribution in [0.1, 0.15) is 5.56 Å². The summed E-state index contributed by atoms with van der Waals surface area (Å²) in [7, 11) is 0. The van der Waals surface area contributed by atoms with E-state index in [4.69, 9.17) is 5.73 Å². The van der Waals surface area contributed by atoms with E-state index in [-0.39, 0.29) is 0 Å². The normalized spacial score (nSPS) is 10.6. The minimum absolute atomic E-state index is 0.295. The van der Waals surface area contributed by atoms with Gasteiger partial charge < -0.3 is 5.73 Å². The summed E-state index contributed by atoms with van der Waals surface area (Å²) in [5, 5.41) is 9.30. The molecule has 0 saturated heterocycles. The van der Waals surface area contributed by atoms with Gasteiger partial charge in [-0.15, -0.1) is 0 Å². The molecule has 0 spiro atoms. The van der Waals surface area contributed by atoms with Gasteiger partial charge in [0, 0.05) is 24.2 Å². The van der Waals surface area contributed by atoms with Crippen molar-refractivity contribution in [1.82, 2.24) is 19.5 Å². The summed E-state index contributed by atoms with van der Waals surface area (Å²) in [4.78, 5) is 12.9. The lowest BCUT2D eigenvalue weighted by Gasteiger charge is -2.07. The minimum atomic E-state index is 0.295. The summed E-state index contributed by atoms with van der Waals surface area (Å²) in [6, 6.07) is 15.3. The van der Waals surface area contributed by atoms with Crippen LogP contribution < -0.4 is 5.73 Å². The van der Waals surface area contributed by atoms with Crippen molar-refractivity contribution in [3.63, 3.8) is 0 Å². The summed E-state index contributed by atoms with van der Waals surface area (Å²) in [6.45, 7) is 0. The first-order chi connectivity index (χ1) is 11.8. The molecule has 0 aliphatic carbocycles. The molecule has 0 amide bonds. The van der Waals surface area contributed by atoms with E-state index in [0.29, 0.717) is 17.3 Å². The number of nitrogen functional groups attached to an aromatic ring is 1. The molecule has 0 radical (unpaired) electrons. The summed E-state index contributed by atoms with van der Waals surface area (Å²) in [5.74, 6) is 0.776. The fourth-order valence-electron chi connectivity index (χ4n) is 2.70. The first kappa shape index (κ1) is 13.9. The molecule has 4 rings (SSSR count). The average Bonchev–Trinajstić information content (AvgIpc) is 2.97. The largest absolute Gasteiger partial charge is 0.369 e. The van der Waals surface area contributed by atoms with Crippen LogP contribution in [-0.4, -0.2) is 19.5 Å². The number of fused-ring (bicyclic) bond motifs is 1. The molecule has 3 aromatic heterocycles. The standard InChI is InChI=1S/C18H12N6/c19-10-13-3-2-8-22-17(13)24-16-6-5-12(9-15(16)23-18(24)20)14-4-1-7-21-11-14/h1-9,11H,(H2,20,23). The van der Waals surface area contributed by atoms with E-state index in [1.54, 1.807) is 35.3 Å². The molecule has 114 valence electrons. The number of nitrogens with two attached hydrogens (primary N) is 1. The van der Waals surface area contributed by atoms with Crippen LogP contribution in [-0.2, 0) is 0 Å². The number of pyridine rings is 2. The zero-order valence-electron chi connectivity index (χ0n) is 12.6. The van der Waals surface area contributed by atoms with E-state index in [9.17, 15) is 5.26 Å². The fourth-order valence-corrected chi connectivity index (χ4v) is 2.70. The Hall–Kier alpha value is -3.72. The average molecular weight is 312 g/mol. The SMILES string of the molecule is N#Cc1cccnc1-n1c(N)nc2cc(-c3cccnc3)ccc21. The van der Waals surface area contributed by atoms with Crippen molar-refractivity contribution in [2.24, 2.45) is 0 Å². The highest BCUT2D eigenvalue weighted by atomic mass is 15.2. The van der Waals surface area contributed by atoms with E-state index in [1.165, 1.54) is 0 Å². The molecule has 0 unspecified atom stereocenters. The summed E-state index contributed by atoms with van der Waals surface area (Å²) < 4.78 is 1.70. The Morgan fingerprint density at radius 3 is 2.71 bits per heavy atom. The second-order valence-electron chi connectivity index (χ2n) is 5.24. The van der Waals surface area contributed by atoms with Crippen molar-refractivity contribution in [2.75, 3.05) is 5.73 Å². The lowest BCUT2D eigenvalue weighted by atomic mass is 10.1. The van der Waals surface area contributed by atoms with Gasteiger partial charge in [-0.2, -0.15) is 5.26 Å². The van der Waals surface area contributed by atoms with Crippen molar-refractivity contribution in [1.29, 1.82) is 5.26 Å². The molecular formula is C18H12N6. The van der Waals surface area contributed by atoms with Gasteiger partial charge in [-0.3, -0.25) is 9.55 Å². The smallest absolute Gasteiger partial charge is 0.207 e. The van der Waals surface area contributed by atoms with Crippen LogP contribution >= 0.6 is 0 Å². The number of hydrogen-bond donors (Lipinski definition) is 1. The Balaban J connectivity index is 1.93. The number of imidazole rings is 1. The van der Waals surface area contributed by atoms with E-state index < -0.39 is 0 Å². The summed E-state index contributed by atoms with van der Waals surface area (Å²) >= 11 is 0. The second-order valence-corrected chi connectivity index (χ2v) is 5.24. The molecule has 3 heterocycles. The Bertz CT molecular complexity index is 1080. The molecule has 0 aliphatic rings. The topological polar surface area (TPSA) is 93.4 Å². The van der Waals surface area contributed by atoms with E-state index in [2.05, 4.69) is 21.0 Å². The van der Waals surface area contributed by atoms with Gasteiger partial charge in [0.2, 0.25) is 5.95 Å². The molecule has 0 saturated carbocycles. The predicted molar refractivity (Wildman–Crippen MR) is 91.2 cm³/mol. The lowest BCUT2D eigenvalue weighted by molar-refractivity contribution is 1.03. The molecule has 0 atom stereocenters.